The molecule has 1 saturated heterocycles. The Hall–Kier alpha value is -1.08. The standard InChI is InChI=1S/C7H8ClN3O3S/c1-10-4-9-3-6(10)5-2-7(12)11(5)15(8,13)14/h3-5H,2H2,1H3. The molecule has 82 valence electrons. The fourth-order valence-electron chi connectivity index (χ4n) is 1.59. The molecule has 1 aromatic rings. The zero-order chi connectivity index (χ0) is 11.2. The lowest BCUT2D eigenvalue weighted by Gasteiger charge is -2.36. The molecule has 0 N–H and O–H groups in total. The first-order valence-electron chi connectivity index (χ1n) is 4.14. The Kier molecular flexibility index (Phi) is 2.23. The van der Waals surface area contributed by atoms with Gasteiger partial charge in [0.15, 0.2) is 0 Å². The average Bonchev–Trinajstić information content (AvgIpc) is 2.43. The van der Waals surface area contributed by atoms with Crippen molar-refractivity contribution in [1.82, 2.24) is 13.9 Å². The molecule has 15 heavy (non-hydrogen) atoms. The quantitative estimate of drug-likeness (QED) is 0.554. The van der Waals surface area contributed by atoms with Crippen molar-refractivity contribution in [2.45, 2.75) is 12.5 Å². The maximum absolute atomic E-state index is 11.1. The van der Waals surface area contributed by atoms with Gasteiger partial charge in [-0.2, -0.15) is 8.42 Å². The number of rotatable bonds is 2. The largest absolute Gasteiger partial charge is 0.336 e. The van der Waals surface area contributed by atoms with Gasteiger partial charge in [0.05, 0.1) is 30.7 Å². The van der Waals surface area contributed by atoms with Gasteiger partial charge in [0.2, 0.25) is 5.91 Å². The molecule has 2 rings (SSSR count). The summed E-state index contributed by atoms with van der Waals surface area (Å²) >= 11 is 0. The Bertz CT molecular complexity index is 509. The summed E-state index contributed by atoms with van der Waals surface area (Å²) in [6.45, 7) is 0. The molecule has 1 fully saturated rings. The maximum atomic E-state index is 11.1. The molecule has 0 saturated carbocycles. The third-order valence-electron chi connectivity index (χ3n) is 2.33. The van der Waals surface area contributed by atoms with Crippen molar-refractivity contribution >= 4 is 25.8 Å². The third kappa shape index (κ3) is 1.61. The van der Waals surface area contributed by atoms with Crippen molar-refractivity contribution in [2.24, 2.45) is 7.05 Å². The maximum Gasteiger partial charge on any atom is 0.324 e. The number of halogens is 1. The number of aryl methyl sites for hydroxylation is 1. The Morgan fingerprint density at radius 1 is 1.60 bits per heavy atom. The number of nitrogens with zero attached hydrogens (tertiary/aromatic N) is 3. The number of hydrogen-bond acceptors (Lipinski definition) is 4. The third-order valence-corrected chi connectivity index (χ3v) is 3.70. The highest BCUT2D eigenvalue weighted by Crippen LogP contribution is 2.37. The smallest absolute Gasteiger partial charge is 0.324 e. The summed E-state index contributed by atoms with van der Waals surface area (Å²) < 4.78 is 24.5. The number of β-lactam (4-membered cyclic amide) rings is 1. The highest BCUT2D eigenvalue weighted by atomic mass is 35.7. The minimum absolute atomic E-state index is 0.144. The number of carbonyl (C=O) groups is 1. The van der Waals surface area contributed by atoms with Gasteiger partial charge in [-0.3, -0.25) is 4.79 Å². The monoisotopic (exact) mass is 249 g/mol. The molecule has 1 amide bonds. The first kappa shape index (κ1) is 10.4. The van der Waals surface area contributed by atoms with Crippen LogP contribution < -0.4 is 0 Å². The van der Waals surface area contributed by atoms with Crippen LogP contribution in [-0.4, -0.2) is 28.2 Å². The van der Waals surface area contributed by atoms with Crippen molar-refractivity contribution in [3.05, 3.63) is 18.2 Å². The molecule has 0 spiro atoms. The van der Waals surface area contributed by atoms with Gasteiger partial charge >= 0.3 is 9.24 Å². The lowest BCUT2D eigenvalue weighted by molar-refractivity contribution is -0.137. The average molecular weight is 250 g/mol. The molecule has 0 aliphatic carbocycles. The van der Waals surface area contributed by atoms with E-state index in [0.717, 1.165) is 0 Å². The minimum Gasteiger partial charge on any atom is -0.336 e. The molecule has 1 atom stereocenters. The van der Waals surface area contributed by atoms with Crippen molar-refractivity contribution in [3.8, 4) is 0 Å². The van der Waals surface area contributed by atoms with Gasteiger partial charge in [-0.1, -0.05) is 0 Å². The summed E-state index contributed by atoms with van der Waals surface area (Å²) in [6.07, 6.45) is 3.20. The van der Waals surface area contributed by atoms with Crippen LogP contribution in [0.3, 0.4) is 0 Å². The van der Waals surface area contributed by atoms with E-state index in [1.807, 2.05) is 0 Å². The van der Waals surface area contributed by atoms with E-state index in [1.165, 1.54) is 12.5 Å². The van der Waals surface area contributed by atoms with Crippen molar-refractivity contribution in [1.29, 1.82) is 0 Å². The zero-order valence-corrected chi connectivity index (χ0v) is 9.36. The molecule has 2 heterocycles. The topological polar surface area (TPSA) is 72.3 Å². The first-order valence-corrected chi connectivity index (χ1v) is 6.41. The van der Waals surface area contributed by atoms with Gasteiger partial charge in [0.25, 0.3) is 0 Å². The molecule has 1 unspecified atom stereocenters. The van der Waals surface area contributed by atoms with Crippen LogP contribution in [0.15, 0.2) is 12.5 Å². The van der Waals surface area contributed by atoms with E-state index >= 15 is 0 Å². The Labute approximate surface area is 91.0 Å². The number of imidazole rings is 1. The Morgan fingerprint density at radius 3 is 2.67 bits per heavy atom. The molecule has 1 aliphatic rings. The Morgan fingerprint density at radius 2 is 2.27 bits per heavy atom. The van der Waals surface area contributed by atoms with Crippen molar-refractivity contribution in [2.75, 3.05) is 0 Å². The second kappa shape index (κ2) is 3.21. The van der Waals surface area contributed by atoms with E-state index in [2.05, 4.69) is 4.98 Å². The SMILES string of the molecule is Cn1cncc1C1CC(=O)N1S(=O)(=O)Cl. The molecule has 6 nitrogen and oxygen atoms in total. The second-order valence-electron chi connectivity index (χ2n) is 3.28. The molecule has 0 radical (unpaired) electrons. The van der Waals surface area contributed by atoms with Crippen LogP contribution in [0.5, 0.6) is 0 Å². The van der Waals surface area contributed by atoms with Gasteiger partial charge in [0.1, 0.15) is 0 Å². The first-order chi connectivity index (χ1) is 6.91. The summed E-state index contributed by atoms with van der Waals surface area (Å²) in [6, 6.07) is -0.521. The normalized spacial score (nSPS) is 21.6. The van der Waals surface area contributed by atoms with E-state index < -0.39 is 21.2 Å². The minimum atomic E-state index is -3.99. The van der Waals surface area contributed by atoms with Crippen LogP contribution >= 0.6 is 10.7 Å². The number of carbonyl (C=O) groups excluding carboxylic acids is 1. The van der Waals surface area contributed by atoms with Gasteiger partial charge in [-0.05, 0) is 0 Å². The van der Waals surface area contributed by atoms with E-state index in [9.17, 15) is 13.2 Å². The molecule has 8 heteroatoms. The zero-order valence-electron chi connectivity index (χ0n) is 7.79. The summed E-state index contributed by atoms with van der Waals surface area (Å²) in [7, 11) is 2.88. The molecular weight excluding hydrogens is 242 g/mol. The molecule has 0 aromatic carbocycles. The number of amides is 1. The van der Waals surface area contributed by atoms with Crippen LogP contribution in [0.4, 0.5) is 0 Å². The number of hydrogen-bond donors (Lipinski definition) is 0. The van der Waals surface area contributed by atoms with Gasteiger partial charge in [0, 0.05) is 17.7 Å². The van der Waals surface area contributed by atoms with Crippen LogP contribution in [0.1, 0.15) is 18.2 Å². The van der Waals surface area contributed by atoms with Crippen molar-refractivity contribution < 1.29 is 13.2 Å². The van der Waals surface area contributed by atoms with E-state index in [1.54, 1.807) is 11.6 Å². The number of aromatic nitrogens is 2. The van der Waals surface area contributed by atoms with E-state index in [-0.39, 0.29) is 6.42 Å². The summed E-state index contributed by atoms with van der Waals surface area (Å²) in [5.41, 5.74) is 0.652. The van der Waals surface area contributed by atoms with Crippen LogP contribution in [-0.2, 0) is 21.1 Å². The molecule has 1 aliphatic heterocycles. The lowest BCUT2D eigenvalue weighted by Crippen LogP contribution is -2.48. The fraction of sp³-hybridized carbons (Fsp3) is 0.429. The fourth-order valence-corrected chi connectivity index (χ4v) is 2.91. The molecular formula is C7H8ClN3O3S. The van der Waals surface area contributed by atoms with Crippen LogP contribution in [0.25, 0.3) is 0 Å². The summed E-state index contributed by atoms with van der Waals surface area (Å²) in [4.78, 5) is 15.0. The van der Waals surface area contributed by atoms with Gasteiger partial charge < -0.3 is 4.57 Å². The lowest BCUT2D eigenvalue weighted by atomic mass is 10.0. The second-order valence-corrected chi connectivity index (χ2v) is 5.67. The summed E-state index contributed by atoms with van der Waals surface area (Å²) in [5, 5.41) is 0. The molecule has 1 aromatic heterocycles. The van der Waals surface area contributed by atoms with E-state index in [4.69, 9.17) is 10.7 Å². The van der Waals surface area contributed by atoms with Crippen molar-refractivity contribution in [3.63, 3.8) is 0 Å². The van der Waals surface area contributed by atoms with Gasteiger partial charge in [-0.15, -0.1) is 0 Å². The van der Waals surface area contributed by atoms with Crippen LogP contribution in [0.2, 0.25) is 0 Å². The Balaban J connectivity index is 2.35. The highest BCUT2D eigenvalue weighted by Gasteiger charge is 2.45. The van der Waals surface area contributed by atoms with E-state index in [0.29, 0.717) is 10.00 Å². The predicted octanol–water partition coefficient (Wildman–Crippen LogP) is 0.177. The summed E-state index contributed by atoms with van der Waals surface area (Å²) in [5.74, 6) is -0.490. The predicted molar refractivity (Wildman–Crippen MR) is 52.2 cm³/mol. The van der Waals surface area contributed by atoms with Crippen LogP contribution in [0, 0.1) is 0 Å². The highest BCUT2D eigenvalue weighted by molar-refractivity contribution is 8.12. The van der Waals surface area contributed by atoms with Gasteiger partial charge in [-0.25, -0.2) is 9.29 Å². The molecule has 0 bridgehead atoms.